The number of hydrogen-bond acceptors (Lipinski definition) is 4. The number of carbonyl (C=O) groups excluding carboxylic acids is 1. The van der Waals surface area contributed by atoms with E-state index >= 15 is 0 Å². The van der Waals surface area contributed by atoms with Crippen LogP contribution >= 0.6 is 11.8 Å². The molecular formula is C22H24N2O2S. The third kappa shape index (κ3) is 4.25. The summed E-state index contributed by atoms with van der Waals surface area (Å²) in [7, 11) is 0. The summed E-state index contributed by atoms with van der Waals surface area (Å²) in [6.45, 7) is 9.24. The van der Waals surface area contributed by atoms with Crippen molar-refractivity contribution in [3.05, 3.63) is 64.1 Å². The summed E-state index contributed by atoms with van der Waals surface area (Å²) >= 11 is 1.43. The molecule has 0 bridgehead atoms. The minimum Gasteiger partial charge on any atom is -0.494 e. The first-order chi connectivity index (χ1) is 13.0. The van der Waals surface area contributed by atoms with E-state index in [0.29, 0.717) is 18.1 Å². The van der Waals surface area contributed by atoms with Gasteiger partial charge in [0.25, 0.3) is 5.91 Å². The number of rotatable bonds is 5. The molecule has 140 valence electrons. The average molecular weight is 381 g/mol. The van der Waals surface area contributed by atoms with Crippen molar-refractivity contribution in [1.82, 2.24) is 4.90 Å². The van der Waals surface area contributed by atoms with E-state index in [2.05, 4.69) is 0 Å². The first-order valence-electron chi connectivity index (χ1n) is 9.12. The molecule has 5 heteroatoms. The first kappa shape index (κ1) is 19.2. The van der Waals surface area contributed by atoms with Crippen molar-refractivity contribution >= 4 is 34.6 Å². The van der Waals surface area contributed by atoms with E-state index in [-0.39, 0.29) is 5.91 Å². The van der Waals surface area contributed by atoms with Gasteiger partial charge in [-0.2, -0.15) is 0 Å². The Balaban J connectivity index is 1.91. The fourth-order valence-electron chi connectivity index (χ4n) is 2.93. The molecule has 1 aliphatic rings. The van der Waals surface area contributed by atoms with E-state index in [0.717, 1.165) is 33.3 Å². The van der Waals surface area contributed by atoms with Gasteiger partial charge in [-0.25, -0.2) is 4.99 Å². The zero-order valence-electron chi connectivity index (χ0n) is 16.2. The summed E-state index contributed by atoms with van der Waals surface area (Å²) in [5, 5.41) is 0.733. The van der Waals surface area contributed by atoms with Crippen molar-refractivity contribution in [2.75, 3.05) is 13.2 Å². The quantitative estimate of drug-likeness (QED) is 0.659. The molecule has 1 aliphatic heterocycles. The third-order valence-corrected chi connectivity index (χ3v) is 5.35. The molecule has 3 rings (SSSR count). The van der Waals surface area contributed by atoms with Gasteiger partial charge in [0.2, 0.25) is 0 Å². The summed E-state index contributed by atoms with van der Waals surface area (Å²) < 4.78 is 5.47. The molecule has 0 saturated carbocycles. The molecule has 4 nitrogen and oxygen atoms in total. The molecule has 2 aromatic rings. The van der Waals surface area contributed by atoms with Crippen molar-refractivity contribution in [1.29, 1.82) is 0 Å². The lowest BCUT2D eigenvalue weighted by molar-refractivity contribution is -0.122. The number of nitrogens with zero attached hydrogens (tertiary/aromatic N) is 2. The number of benzene rings is 2. The molecule has 0 aromatic heterocycles. The zero-order chi connectivity index (χ0) is 19.4. The molecule has 1 saturated heterocycles. The van der Waals surface area contributed by atoms with Crippen LogP contribution in [0.5, 0.6) is 5.75 Å². The number of likely N-dealkylation sites (N-methyl/N-ethyl adjacent to an activating group) is 1. The molecule has 27 heavy (non-hydrogen) atoms. The summed E-state index contributed by atoms with van der Waals surface area (Å²) in [4.78, 5) is 20.0. The van der Waals surface area contributed by atoms with E-state index in [1.807, 2.05) is 76.2 Å². The number of amidine groups is 1. The van der Waals surface area contributed by atoms with Gasteiger partial charge in [0.05, 0.1) is 17.2 Å². The van der Waals surface area contributed by atoms with E-state index in [9.17, 15) is 4.79 Å². The lowest BCUT2D eigenvalue weighted by Gasteiger charge is -2.13. The highest BCUT2D eigenvalue weighted by molar-refractivity contribution is 8.18. The molecule has 0 spiro atoms. The molecule has 1 fully saturated rings. The fourth-order valence-corrected chi connectivity index (χ4v) is 3.97. The highest BCUT2D eigenvalue weighted by Crippen LogP contribution is 2.35. The maximum atomic E-state index is 12.8. The number of ether oxygens (including phenoxy) is 1. The van der Waals surface area contributed by atoms with E-state index in [4.69, 9.17) is 9.73 Å². The summed E-state index contributed by atoms with van der Waals surface area (Å²) in [6, 6.07) is 13.9. The van der Waals surface area contributed by atoms with Crippen LogP contribution in [0.25, 0.3) is 6.08 Å². The second-order valence-electron chi connectivity index (χ2n) is 6.30. The predicted molar refractivity (Wildman–Crippen MR) is 114 cm³/mol. The standard InChI is InChI=1S/C22H24N2O2S/c1-5-24-21(25)19(14-17-10-12-18(13-11-17)26-6-2)27-22(24)23-20-15(3)8-7-9-16(20)4/h7-14H,5-6H2,1-4H3/b19-14+,23-22?. The molecular weight excluding hydrogens is 356 g/mol. The Labute approximate surface area is 164 Å². The molecule has 1 amide bonds. The largest absolute Gasteiger partial charge is 0.494 e. The van der Waals surface area contributed by atoms with Crippen molar-refractivity contribution in [3.8, 4) is 5.75 Å². The number of hydrogen-bond donors (Lipinski definition) is 0. The van der Waals surface area contributed by atoms with Gasteiger partial charge in [0, 0.05) is 6.54 Å². The number of thioether (sulfide) groups is 1. The Morgan fingerprint density at radius 1 is 1.07 bits per heavy atom. The lowest BCUT2D eigenvalue weighted by atomic mass is 10.1. The van der Waals surface area contributed by atoms with Crippen LogP contribution < -0.4 is 4.74 Å². The molecule has 0 unspecified atom stereocenters. The van der Waals surface area contributed by atoms with Gasteiger partial charge < -0.3 is 4.74 Å². The molecule has 1 heterocycles. The van der Waals surface area contributed by atoms with Gasteiger partial charge in [-0.1, -0.05) is 30.3 Å². The maximum Gasteiger partial charge on any atom is 0.266 e. The van der Waals surface area contributed by atoms with Crippen LogP contribution in [0.2, 0.25) is 0 Å². The monoisotopic (exact) mass is 380 g/mol. The van der Waals surface area contributed by atoms with Gasteiger partial charge in [-0.15, -0.1) is 0 Å². The van der Waals surface area contributed by atoms with Crippen LogP contribution in [-0.4, -0.2) is 29.1 Å². The number of aryl methyl sites for hydroxylation is 2. The van der Waals surface area contributed by atoms with Crippen molar-refractivity contribution < 1.29 is 9.53 Å². The number of para-hydroxylation sites is 1. The van der Waals surface area contributed by atoms with Crippen molar-refractivity contribution in [3.63, 3.8) is 0 Å². The molecule has 2 aromatic carbocycles. The Morgan fingerprint density at radius 3 is 2.33 bits per heavy atom. The molecule has 0 N–H and O–H groups in total. The Morgan fingerprint density at radius 2 is 1.74 bits per heavy atom. The smallest absolute Gasteiger partial charge is 0.266 e. The van der Waals surface area contributed by atoms with Gasteiger partial charge in [-0.3, -0.25) is 9.69 Å². The van der Waals surface area contributed by atoms with Crippen LogP contribution in [0.15, 0.2) is 52.4 Å². The van der Waals surface area contributed by atoms with Crippen LogP contribution in [0.3, 0.4) is 0 Å². The lowest BCUT2D eigenvalue weighted by Crippen LogP contribution is -2.28. The average Bonchev–Trinajstić information content (AvgIpc) is 2.95. The fraction of sp³-hybridized carbons (Fsp3) is 0.273. The number of amides is 1. The molecule has 0 atom stereocenters. The van der Waals surface area contributed by atoms with Crippen LogP contribution in [0.1, 0.15) is 30.5 Å². The van der Waals surface area contributed by atoms with Crippen LogP contribution in [0, 0.1) is 13.8 Å². The van der Waals surface area contributed by atoms with Gasteiger partial charge in [-0.05, 0) is 74.4 Å². The van der Waals surface area contributed by atoms with Crippen molar-refractivity contribution in [2.24, 2.45) is 4.99 Å². The Bertz CT molecular complexity index is 881. The van der Waals surface area contributed by atoms with Crippen LogP contribution in [0.4, 0.5) is 5.69 Å². The van der Waals surface area contributed by atoms with Gasteiger partial charge in [0.1, 0.15) is 5.75 Å². The highest BCUT2D eigenvalue weighted by atomic mass is 32.2. The van der Waals surface area contributed by atoms with Crippen LogP contribution in [-0.2, 0) is 4.79 Å². The summed E-state index contributed by atoms with van der Waals surface area (Å²) in [6.07, 6.45) is 1.92. The number of aliphatic imine (C=N–C) groups is 1. The Kier molecular flexibility index (Phi) is 6.01. The minimum absolute atomic E-state index is 0.00127. The highest BCUT2D eigenvalue weighted by Gasteiger charge is 2.32. The second kappa shape index (κ2) is 8.44. The first-order valence-corrected chi connectivity index (χ1v) is 9.94. The van der Waals surface area contributed by atoms with E-state index < -0.39 is 0 Å². The van der Waals surface area contributed by atoms with Gasteiger partial charge in [0.15, 0.2) is 5.17 Å². The van der Waals surface area contributed by atoms with Gasteiger partial charge >= 0.3 is 0 Å². The minimum atomic E-state index is 0.00127. The normalized spacial score (nSPS) is 17.2. The molecule has 0 radical (unpaired) electrons. The maximum absolute atomic E-state index is 12.8. The topological polar surface area (TPSA) is 41.9 Å². The van der Waals surface area contributed by atoms with E-state index in [1.54, 1.807) is 4.90 Å². The predicted octanol–water partition coefficient (Wildman–Crippen LogP) is 5.33. The SMILES string of the molecule is CCOc1ccc(/C=C2/SC(=Nc3c(C)cccc3C)N(CC)C2=O)cc1. The number of carbonyl (C=O) groups is 1. The third-order valence-electron chi connectivity index (χ3n) is 4.34. The zero-order valence-corrected chi connectivity index (χ0v) is 17.0. The Hall–Kier alpha value is -2.53. The van der Waals surface area contributed by atoms with E-state index in [1.165, 1.54) is 11.8 Å². The second-order valence-corrected chi connectivity index (χ2v) is 7.31. The summed E-state index contributed by atoms with van der Waals surface area (Å²) in [5.41, 5.74) is 4.12. The van der Waals surface area contributed by atoms with Crippen molar-refractivity contribution in [2.45, 2.75) is 27.7 Å². The summed E-state index contributed by atoms with van der Waals surface area (Å²) in [5.74, 6) is 0.832. The molecule has 0 aliphatic carbocycles.